The predicted molar refractivity (Wildman–Crippen MR) is 143 cm³/mol. The predicted octanol–water partition coefficient (Wildman–Crippen LogP) is 4.96. The Morgan fingerprint density at radius 1 is 0.895 bits per heavy atom. The van der Waals surface area contributed by atoms with Gasteiger partial charge in [-0.3, -0.25) is 4.79 Å². The Labute approximate surface area is 225 Å². The minimum absolute atomic E-state index is 0.0909. The van der Waals surface area contributed by atoms with Gasteiger partial charge in [0.2, 0.25) is 11.9 Å². The van der Waals surface area contributed by atoms with Crippen LogP contribution >= 0.6 is 11.8 Å². The lowest BCUT2D eigenvalue weighted by Gasteiger charge is -2.09. The van der Waals surface area contributed by atoms with Crippen LogP contribution < -0.4 is 10.1 Å². The summed E-state index contributed by atoms with van der Waals surface area (Å²) in [4.78, 5) is 54.8. The van der Waals surface area contributed by atoms with Crippen LogP contribution in [0.15, 0.2) is 68.5 Å². The number of benzene rings is 2. The van der Waals surface area contributed by atoms with Gasteiger partial charge in [-0.2, -0.15) is 0 Å². The number of hydrogen-bond donors (Lipinski definition) is 1. The number of Topliss-reactive ketones (excluding diaryl/α,β-unsaturated/α-hetero) is 1. The van der Waals surface area contributed by atoms with E-state index in [1.54, 1.807) is 12.1 Å². The van der Waals surface area contributed by atoms with Crippen LogP contribution in [0.1, 0.15) is 49.9 Å². The molecule has 0 unspecified atom stereocenters. The fourth-order valence-corrected chi connectivity index (χ4v) is 3.86. The van der Waals surface area contributed by atoms with Gasteiger partial charge in [0.25, 0.3) is 0 Å². The lowest BCUT2D eigenvalue weighted by atomic mass is 10.1. The minimum atomic E-state index is -0.588. The molecule has 11 heteroatoms. The first-order valence-electron chi connectivity index (χ1n) is 12.1. The highest BCUT2D eigenvalue weighted by Crippen LogP contribution is 2.29. The van der Waals surface area contributed by atoms with Gasteiger partial charge in [0.05, 0.1) is 6.54 Å². The molecule has 0 saturated heterocycles. The lowest BCUT2D eigenvalue weighted by molar-refractivity contribution is -0.140. The van der Waals surface area contributed by atoms with Crippen LogP contribution in [0.2, 0.25) is 0 Å². The van der Waals surface area contributed by atoms with Gasteiger partial charge in [0, 0.05) is 28.8 Å². The van der Waals surface area contributed by atoms with E-state index in [9.17, 15) is 19.2 Å². The Bertz CT molecular complexity index is 1130. The molecule has 0 saturated carbocycles. The molecule has 0 radical (unpaired) electrons. The van der Waals surface area contributed by atoms with Crippen molar-refractivity contribution in [3.8, 4) is 5.75 Å². The fourth-order valence-electron chi connectivity index (χ4n) is 3.05. The summed E-state index contributed by atoms with van der Waals surface area (Å²) < 4.78 is 10.7. The number of ether oxygens (including phenoxy) is 2. The van der Waals surface area contributed by atoms with Crippen molar-refractivity contribution in [3.63, 3.8) is 0 Å². The summed E-state index contributed by atoms with van der Waals surface area (Å²) in [5, 5.41) is 6.21. The van der Waals surface area contributed by atoms with Gasteiger partial charge in [-0.15, -0.1) is 0 Å². The first kappa shape index (κ1) is 30.3. The third-order valence-corrected chi connectivity index (χ3v) is 5.95. The number of carbonyl (C=O) groups is 3. The van der Waals surface area contributed by atoms with Gasteiger partial charge >= 0.3 is 12.1 Å². The van der Waals surface area contributed by atoms with Crippen molar-refractivity contribution >= 4 is 41.4 Å². The second-order valence-electron chi connectivity index (χ2n) is 7.98. The highest BCUT2D eigenvalue weighted by atomic mass is 32.2. The average Bonchev–Trinajstić information content (AvgIpc) is 2.92. The molecule has 0 heterocycles. The van der Waals surface area contributed by atoms with Crippen LogP contribution in [0.25, 0.3) is 0 Å². The van der Waals surface area contributed by atoms with E-state index in [1.165, 1.54) is 31.7 Å². The number of ketones is 1. The monoisotopic (exact) mass is 541 g/mol. The summed E-state index contributed by atoms with van der Waals surface area (Å²) in [6.45, 7) is 4.08. The molecular formula is C27H31N3O7S. The Balaban J connectivity index is 1.65. The fraction of sp³-hybridized carbons (Fsp3) is 0.370. The van der Waals surface area contributed by atoms with Crippen molar-refractivity contribution in [1.29, 1.82) is 0 Å². The largest absolute Gasteiger partial charge is 0.490 e. The van der Waals surface area contributed by atoms with Crippen LogP contribution in [0.3, 0.4) is 0 Å². The quantitative estimate of drug-likeness (QED) is 0.0787. The van der Waals surface area contributed by atoms with Crippen LogP contribution in [0.4, 0.5) is 4.79 Å². The zero-order valence-electron chi connectivity index (χ0n) is 21.4. The van der Waals surface area contributed by atoms with Gasteiger partial charge in [-0.05, 0) is 68.3 Å². The number of amides is 1. The van der Waals surface area contributed by atoms with Gasteiger partial charge in [0.1, 0.15) is 24.7 Å². The highest BCUT2D eigenvalue weighted by molar-refractivity contribution is 7.99. The SMILES string of the molecule is CC(=O)O/N=C(\C)C(=O)c1ccc(Sc2ccc(OCCOC(=O)NCCCCCCN=C=O)cc2)cc1. The van der Waals surface area contributed by atoms with E-state index in [1.807, 2.05) is 36.4 Å². The van der Waals surface area contributed by atoms with Gasteiger partial charge in [0.15, 0.2) is 0 Å². The molecule has 1 N–H and O–H groups in total. The topological polar surface area (TPSA) is 133 Å². The number of nitrogens with zero attached hydrogens (tertiary/aromatic N) is 2. The average molecular weight is 542 g/mol. The van der Waals surface area contributed by atoms with Crippen LogP contribution in [0.5, 0.6) is 5.75 Å². The molecule has 0 fully saturated rings. The van der Waals surface area contributed by atoms with Crippen LogP contribution in [-0.2, 0) is 19.2 Å². The maximum absolute atomic E-state index is 12.3. The van der Waals surface area contributed by atoms with E-state index in [4.69, 9.17) is 9.47 Å². The number of rotatable bonds is 16. The van der Waals surface area contributed by atoms with Gasteiger partial charge in [-0.1, -0.05) is 29.8 Å². The number of nitrogens with one attached hydrogen (secondary N) is 1. The van der Waals surface area contributed by atoms with Gasteiger partial charge in [-0.25, -0.2) is 19.4 Å². The first-order valence-corrected chi connectivity index (χ1v) is 12.9. The van der Waals surface area contributed by atoms with Crippen molar-refractivity contribution in [2.75, 3.05) is 26.3 Å². The summed E-state index contributed by atoms with van der Waals surface area (Å²) in [7, 11) is 0. The molecule has 0 aliphatic rings. The van der Waals surface area contributed by atoms with E-state index >= 15 is 0 Å². The number of oxime groups is 1. The normalized spacial score (nSPS) is 10.7. The van der Waals surface area contributed by atoms with Crippen LogP contribution in [0, 0.1) is 0 Å². The molecule has 1 amide bonds. The van der Waals surface area contributed by atoms with Gasteiger partial charge < -0.3 is 19.6 Å². The van der Waals surface area contributed by atoms with Crippen LogP contribution in [-0.4, -0.2) is 55.9 Å². The lowest BCUT2D eigenvalue weighted by Crippen LogP contribution is -2.26. The molecule has 2 rings (SSSR count). The van der Waals surface area contributed by atoms with E-state index in [2.05, 4.69) is 20.3 Å². The highest BCUT2D eigenvalue weighted by Gasteiger charge is 2.11. The maximum atomic E-state index is 12.3. The number of aliphatic imine (C=N–C) groups is 1. The zero-order chi connectivity index (χ0) is 27.6. The van der Waals surface area contributed by atoms with Crippen molar-refractivity contribution in [2.24, 2.45) is 10.1 Å². The minimum Gasteiger partial charge on any atom is -0.490 e. The summed E-state index contributed by atoms with van der Waals surface area (Å²) >= 11 is 1.52. The standard InChI is InChI=1S/C27H31N3O7S/c1-20(30-37-21(2)32)26(33)22-7-11-24(12-8-22)38-25-13-9-23(10-14-25)35-17-18-36-27(34)29-16-6-4-3-5-15-28-19-31/h7-14H,3-6,15-18H2,1-2H3,(H,29,34)/b30-20+. The molecule has 0 atom stereocenters. The molecule has 0 aliphatic carbocycles. The summed E-state index contributed by atoms with van der Waals surface area (Å²) in [5.74, 6) is -0.253. The number of carbonyl (C=O) groups excluding carboxylic acids is 4. The Kier molecular flexibility index (Phi) is 13.9. The zero-order valence-corrected chi connectivity index (χ0v) is 22.3. The molecule has 0 aromatic heterocycles. The molecule has 0 spiro atoms. The summed E-state index contributed by atoms with van der Waals surface area (Å²) in [6.07, 6.45) is 4.57. The Morgan fingerprint density at radius 2 is 1.55 bits per heavy atom. The molecule has 38 heavy (non-hydrogen) atoms. The molecule has 0 aliphatic heterocycles. The van der Waals surface area contributed by atoms with E-state index in [-0.39, 0.29) is 24.7 Å². The third-order valence-electron chi connectivity index (χ3n) is 4.93. The van der Waals surface area contributed by atoms with Crippen molar-refractivity contribution in [3.05, 3.63) is 54.1 Å². The van der Waals surface area contributed by atoms with E-state index < -0.39 is 12.1 Å². The molecule has 2 aromatic carbocycles. The number of unbranched alkanes of at least 4 members (excludes halogenated alkanes) is 3. The summed E-state index contributed by atoms with van der Waals surface area (Å²) in [5.41, 5.74) is 0.536. The van der Waals surface area contributed by atoms with Crippen molar-refractivity contribution in [2.45, 2.75) is 49.3 Å². The molecule has 202 valence electrons. The number of isocyanates is 1. The summed E-state index contributed by atoms with van der Waals surface area (Å²) in [6, 6.07) is 14.5. The Morgan fingerprint density at radius 3 is 2.21 bits per heavy atom. The van der Waals surface area contributed by atoms with E-state index in [0.29, 0.717) is 24.4 Å². The third kappa shape index (κ3) is 12.3. The molecule has 10 nitrogen and oxygen atoms in total. The first-order chi connectivity index (χ1) is 18.4. The second-order valence-corrected chi connectivity index (χ2v) is 9.13. The van der Waals surface area contributed by atoms with E-state index in [0.717, 1.165) is 35.5 Å². The van der Waals surface area contributed by atoms with Crippen molar-refractivity contribution < 1.29 is 33.5 Å². The number of hydrogen-bond acceptors (Lipinski definition) is 10. The molecular weight excluding hydrogens is 510 g/mol. The Hall–Kier alpha value is -3.95. The maximum Gasteiger partial charge on any atom is 0.407 e. The second kappa shape index (κ2) is 17.5. The molecule has 0 bridgehead atoms. The smallest absolute Gasteiger partial charge is 0.407 e. The number of alkyl carbamates (subject to hydrolysis) is 1. The van der Waals surface area contributed by atoms with Crippen molar-refractivity contribution in [1.82, 2.24) is 5.32 Å². The molecule has 2 aromatic rings.